The predicted molar refractivity (Wildman–Crippen MR) is 6.73 cm³/mol. The van der Waals surface area contributed by atoms with Gasteiger partial charge in [-0.2, -0.15) is 0 Å². The zero-order valence-electron chi connectivity index (χ0n) is 1.67. The normalized spacial score (nSPS) is 0. The molecule has 0 aromatic carbocycles. The molecular weight excluding hydrogens is 395 g/mol. The van der Waals surface area contributed by atoms with E-state index in [1.807, 2.05) is 0 Å². The molecule has 0 aromatic rings. The van der Waals surface area contributed by atoms with Gasteiger partial charge in [0.2, 0.25) is 0 Å². The van der Waals surface area contributed by atoms with Crippen LogP contribution in [0.4, 0.5) is 0 Å². The molecule has 31 valence electrons. The first-order valence-corrected chi connectivity index (χ1v) is 0. The van der Waals surface area contributed by atoms with Crippen LogP contribution in [0.2, 0.25) is 0 Å². The topological polar surface area (TPSA) is 0 Å². The van der Waals surface area contributed by atoms with Crippen molar-refractivity contribution in [2.45, 2.75) is 7.43 Å². The van der Waals surface area contributed by atoms with Crippen LogP contribution in [0.3, 0.4) is 0 Å². The Kier molecular flexibility index (Phi) is 320. The standard InChI is InChI=1S/CH4.Cr.Mo.V.W/h1H4;;;;. The summed E-state index contributed by atoms with van der Waals surface area (Å²) in [7, 11) is 0. The molecule has 0 aliphatic carbocycles. The Morgan fingerprint density at radius 1 is 1.00 bits per heavy atom. The van der Waals surface area contributed by atoms with Crippen LogP contribution >= 0.6 is 0 Å². The summed E-state index contributed by atoms with van der Waals surface area (Å²) in [5.41, 5.74) is 0. The van der Waals surface area contributed by atoms with Gasteiger partial charge in [0.15, 0.2) is 0 Å². The smallest absolute Gasteiger partial charge is 0 e. The zero-order chi connectivity index (χ0) is 0. The molecule has 0 aliphatic heterocycles. The molecule has 1 radical (unpaired) electrons. The minimum absolute atomic E-state index is 0. The minimum atomic E-state index is 0. The van der Waals surface area contributed by atoms with Gasteiger partial charge >= 0.3 is 0 Å². The molecule has 5 heavy (non-hydrogen) atoms. The van der Waals surface area contributed by atoms with Gasteiger partial charge in [0.1, 0.15) is 0 Å². The fourth-order valence-corrected chi connectivity index (χ4v) is 0. The van der Waals surface area contributed by atoms with Crippen molar-refractivity contribution < 1.29 is 78.0 Å². The molecule has 0 aromatic heterocycles. The molecule has 0 N–H and O–H groups in total. The second kappa shape index (κ2) is 31.5. The second-order valence-electron chi connectivity index (χ2n) is 0. The summed E-state index contributed by atoms with van der Waals surface area (Å²) < 4.78 is 0. The Labute approximate surface area is 84.4 Å². The van der Waals surface area contributed by atoms with Crippen LogP contribution < -0.4 is 0 Å². The molecular formula is CH4CrMoVW. The maximum Gasteiger partial charge on any atom is 0 e. The molecule has 4 heteroatoms. The average Bonchev–Trinajstić information content (AvgIpc) is 0. The Bertz CT molecular complexity index is 11.6. The van der Waals surface area contributed by atoms with Crippen LogP contribution in [0.25, 0.3) is 0 Å². The summed E-state index contributed by atoms with van der Waals surface area (Å²) in [5, 5.41) is 0. The van der Waals surface area contributed by atoms with Gasteiger partial charge in [0, 0.05) is 78.0 Å². The van der Waals surface area contributed by atoms with Gasteiger partial charge in [0.25, 0.3) is 0 Å². The van der Waals surface area contributed by atoms with Crippen molar-refractivity contribution >= 4 is 0 Å². The van der Waals surface area contributed by atoms with E-state index in [9.17, 15) is 0 Å². The molecule has 0 saturated carbocycles. The van der Waals surface area contributed by atoms with Crippen molar-refractivity contribution in [3.05, 3.63) is 0 Å². The molecule has 0 bridgehead atoms. The van der Waals surface area contributed by atoms with Crippen LogP contribution in [-0.2, 0) is 78.0 Å². The van der Waals surface area contributed by atoms with Crippen molar-refractivity contribution in [2.24, 2.45) is 0 Å². The van der Waals surface area contributed by atoms with Gasteiger partial charge in [-0.1, -0.05) is 7.43 Å². The van der Waals surface area contributed by atoms with E-state index in [1.165, 1.54) is 0 Å². The van der Waals surface area contributed by atoms with E-state index in [0.717, 1.165) is 0 Å². The second-order valence-corrected chi connectivity index (χ2v) is 0. The number of rotatable bonds is 0. The molecule has 0 atom stereocenters. The molecule has 0 spiro atoms. The molecule has 0 unspecified atom stereocenters. The van der Waals surface area contributed by atoms with E-state index in [-0.39, 0.29) is 85.5 Å². The Balaban J connectivity index is 0. The van der Waals surface area contributed by atoms with Crippen molar-refractivity contribution in [1.29, 1.82) is 0 Å². The van der Waals surface area contributed by atoms with Crippen LogP contribution in [0.1, 0.15) is 7.43 Å². The van der Waals surface area contributed by atoms with Gasteiger partial charge in [-0.15, -0.1) is 0 Å². The molecule has 0 heterocycles. The Hall–Kier alpha value is 2.49. The summed E-state index contributed by atoms with van der Waals surface area (Å²) in [6.45, 7) is 0. The van der Waals surface area contributed by atoms with Gasteiger partial charge < -0.3 is 0 Å². The van der Waals surface area contributed by atoms with E-state index in [1.54, 1.807) is 0 Å². The molecule has 0 saturated heterocycles. The first-order valence-electron chi connectivity index (χ1n) is 0. The summed E-state index contributed by atoms with van der Waals surface area (Å²) in [6, 6.07) is 0. The number of hydrogen-bond acceptors (Lipinski definition) is 0. The molecule has 0 nitrogen and oxygen atoms in total. The monoisotopic (exact) mass is 401 g/mol. The van der Waals surface area contributed by atoms with Crippen LogP contribution in [-0.4, -0.2) is 0 Å². The van der Waals surface area contributed by atoms with Gasteiger partial charge in [-0.05, 0) is 0 Å². The van der Waals surface area contributed by atoms with Crippen molar-refractivity contribution in [2.75, 3.05) is 0 Å². The fraction of sp³-hybridized carbons (Fsp3) is 1.00. The third-order valence-electron chi connectivity index (χ3n) is 0. The number of hydrogen-bond donors (Lipinski definition) is 0. The molecule has 0 aliphatic rings. The van der Waals surface area contributed by atoms with Crippen molar-refractivity contribution in [1.82, 2.24) is 0 Å². The van der Waals surface area contributed by atoms with E-state index >= 15 is 0 Å². The van der Waals surface area contributed by atoms with Crippen molar-refractivity contribution in [3.63, 3.8) is 0 Å². The van der Waals surface area contributed by atoms with E-state index in [0.29, 0.717) is 0 Å². The summed E-state index contributed by atoms with van der Waals surface area (Å²) >= 11 is 0. The summed E-state index contributed by atoms with van der Waals surface area (Å²) in [5.74, 6) is 0. The van der Waals surface area contributed by atoms with E-state index in [2.05, 4.69) is 0 Å². The average molecular weight is 399 g/mol. The fourth-order valence-electron chi connectivity index (χ4n) is 0. The van der Waals surface area contributed by atoms with E-state index in [4.69, 9.17) is 0 Å². The van der Waals surface area contributed by atoms with Crippen LogP contribution in [0.5, 0.6) is 0 Å². The SMILES string of the molecule is C.[Cr].[Mo].[V].[W]. The molecule has 0 amide bonds. The van der Waals surface area contributed by atoms with Crippen LogP contribution in [0.15, 0.2) is 0 Å². The largest absolute Gasteiger partial charge is 0.0776 e. The first-order chi connectivity index (χ1) is 0. The molecule has 0 fully saturated rings. The van der Waals surface area contributed by atoms with Crippen molar-refractivity contribution in [3.8, 4) is 0 Å². The van der Waals surface area contributed by atoms with Crippen LogP contribution in [0, 0.1) is 0 Å². The first kappa shape index (κ1) is 50.8. The van der Waals surface area contributed by atoms with Gasteiger partial charge in [-0.25, -0.2) is 0 Å². The van der Waals surface area contributed by atoms with Gasteiger partial charge in [0.05, 0.1) is 0 Å². The predicted octanol–water partition coefficient (Wildman–Crippen LogP) is 0.626. The van der Waals surface area contributed by atoms with Gasteiger partial charge in [-0.3, -0.25) is 0 Å². The minimum Gasteiger partial charge on any atom is -0.0776 e. The molecule has 0 rings (SSSR count). The third kappa shape index (κ3) is 21.1. The van der Waals surface area contributed by atoms with E-state index < -0.39 is 0 Å². The zero-order valence-corrected chi connectivity index (χ0v) is 9.28. The summed E-state index contributed by atoms with van der Waals surface area (Å²) in [6.07, 6.45) is 0. The Morgan fingerprint density at radius 2 is 1.00 bits per heavy atom. The Morgan fingerprint density at radius 3 is 1.00 bits per heavy atom. The maximum atomic E-state index is 0. The summed E-state index contributed by atoms with van der Waals surface area (Å²) in [4.78, 5) is 0. The quantitative estimate of drug-likeness (QED) is 0.525. The maximum absolute atomic E-state index is 0. The third-order valence-corrected chi connectivity index (χ3v) is 0.